The molecule has 0 fully saturated rings. The third-order valence-corrected chi connectivity index (χ3v) is 2.17. The number of hydrogen-bond donors (Lipinski definition) is 3. The molecule has 6 heteroatoms. The number of anilines is 1. The van der Waals surface area contributed by atoms with Gasteiger partial charge in [-0.3, -0.25) is 4.79 Å². The molecule has 0 saturated carbocycles. The molecule has 0 aliphatic carbocycles. The van der Waals surface area contributed by atoms with E-state index in [2.05, 4.69) is 11.2 Å². The quantitative estimate of drug-likeness (QED) is 0.646. The Morgan fingerprint density at radius 2 is 2.16 bits per heavy atom. The molecule has 1 aromatic rings. The summed E-state index contributed by atoms with van der Waals surface area (Å²) < 4.78 is 5.04. The monoisotopic (exact) mass is 262 g/mol. The molecular formula is C13H14N2O4. The predicted molar refractivity (Wildman–Crippen MR) is 69.6 cm³/mol. The molecule has 1 amide bonds. The van der Waals surface area contributed by atoms with Crippen molar-refractivity contribution in [1.29, 1.82) is 0 Å². The number of nitrogens with one attached hydrogen (secondary N) is 1. The van der Waals surface area contributed by atoms with Crippen molar-refractivity contribution in [2.24, 2.45) is 5.73 Å². The van der Waals surface area contributed by atoms with Crippen molar-refractivity contribution in [2.45, 2.75) is 12.5 Å². The van der Waals surface area contributed by atoms with Crippen molar-refractivity contribution in [1.82, 2.24) is 0 Å². The SMILES string of the molecule is C#CCC(N)C(=O)Nc1ccccc1OCC(=O)O. The molecule has 0 saturated heterocycles. The fourth-order valence-corrected chi connectivity index (χ4v) is 1.28. The zero-order valence-corrected chi connectivity index (χ0v) is 10.1. The van der Waals surface area contributed by atoms with E-state index in [1.165, 1.54) is 0 Å². The summed E-state index contributed by atoms with van der Waals surface area (Å²) in [6.07, 6.45) is 5.19. The number of nitrogens with two attached hydrogens (primary N) is 1. The lowest BCUT2D eigenvalue weighted by Crippen LogP contribution is -2.35. The Bertz CT molecular complexity index is 508. The molecule has 1 unspecified atom stereocenters. The van der Waals surface area contributed by atoms with Gasteiger partial charge < -0.3 is 20.9 Å². The minimum atomic E-state index is -1.11. The lowest BCUT2D eigenvalue weighted by molar-refractivity contribution is -0.139. The molecule has 1 aromatic carbocycles. The number of ether oxygens (including phenoxy) is 1. The largest absolute Gasteiger partial charge is 0.480 e. The summed E-state index contributed by atoms with van der Waals surface area (Å²) in [7, 11) is 0. The van der Waals surface area contributed by atoms with Crippen LogP contribution in [0.15, 0.2) is 24.3 Å². The van der Waals surface area contributed by atoms with Gasteiger partial charge in [0.25, 0.3) is 0 Å². The van der Waals surface area contributed by atoms with Gasteiger partial charge in [0.05, 0.1) is 11.7 Å². The van der Waals surface area contributed by atoms with Crippen LogP contribution in [0.25, 0.3) is 0 Å². The number of carbonyl (C=O) groups excluding carboxylic acids is 1. The smallest absolute Gasteiger partial charge is 0.341 e. The standard InChI is InChI=1S/C13H14N2O4/c1-2-5-9(14)13(18)15-10-6-3-4-7-11(10)19-8-12(16)17/h1,3-4,6-7,9H,5,8,14H2,(H,15,18)(H,16,17). The van der Waals surface area contributed by atoms with Crippen molar-refractivity contribution in [2.75, 3.05) is 11.9 Å². The number of carbonyl (C=O) groups is 2. The van der Waals surface area contributed by atoms with Gasteiger partial charge in [0.15, 0.2) is 6.61 Å². The van der Waals surface area contributed by atoms with Crippen LogP contribution in [0.5, 0.6) is 5.75 Å². The van der Waals surface area contributed by atoms with Gasteiger partial charge in [-0.1, -0.05) is 12.1 Å². The summed E-state index contributed by atoms with van der Waals surface area (Å²) in [4.78, 5) is 22.1. The third-order valence-electron chi connectivity index (χ3n) is 2.17. The first-order chi connectivity index (χ1) is 9.04. The van der Waals surface area contributed by atoms with Crippen molar-refractivity contribution < 1.29 is 19.4 Å². The van der Waals surface area contributed by atoms with E-state index in [0.717, 1.165) is 0 Å². The van der Waals surface area contributed by atoms with Crippen LogP contribution < -0.4 is 15.8 Å². The van der Waals surface area contributed by atoms with Crippen molar-refractivity contribution in [3.63, 3.8) is 0 Å². The van der Waals surface area contributed by atoms with E-state index >= 15 is 0 Å². The second-order valence-corrected chi connectivity index (χ2v) is 3.68. The van der Waals surface area contributed by atoms with E-state index < -0.39 is 24.5 Å². The number of aliphatic carboxylic acids is 1. The second kappa shape index (κ2) is 7.03. The Morgan fingerprint density at radius 1 is 1.47 bits per heavy atom. The molecule has 0 radical (unpaired) electrons. The molecule has 0 aliphatic rings. The Morgan fingerprint density at radius 3 is 2.79 bits per heavy atom. The summed E-state index contributed by atoms with van der Waals surface area (Å²) in [6.45, 7) is -0.497. The minimum absolute atomic E-state index is 0.115. The van der Waals surface area contributed by atoms with Crippen LogP contribution in [0.2, 0.25) is 0 Å². The molecule has 19 heavy (non-hydrogen) atoms. The third kappa shape index (κ3) is 4.69. The van der Waals surface area contributed by atoms with Gasteiger partial charge in [0.2, 0.25) is 5.91 Å². The lowest BCUT2D eigenvalue weighted by atomic mass is 10.2. The topological polar surface area (TPSA) is 102 Å². The highest BCUT2D eigenvalue weighted by Gasteiger charge is 2.14. The molecule has 100 valence electrons. The van der Waals surface area contributed by atoms with Crippen LogP contribution in [0, 0.1) is 12.3 Å². The van der Waals surface area contributed by atoms with Crippen LogP contribution in [0.3, 0.4) is 0 Å². The summed E-state index contributed by atoms with van der Waals surface area (Å²) >= 11 is 0. The van der Waals surface area contributed by atoms with Crippen LogP contribution in [0.1, 0.15) is 6.42 Å². The highest BCUT2D eigenvalue weighted by Crippen LogP contribution is 2.23. The molecular weight excluding hydrogens is 248 g/mol. The van der Waals surface area contributed by atoms with Gasteiger partial charge in [-0.25, -0.2) is 4.79 Å². The molecule has 1 atom stereocenters. The van der Waals surface area contributed by atoms with E-state index in [1.54, 1.807) is 24.3 Å². The van der Waals surface area contributed by atoms with E-state index in [1.807, 2.05) is 0 Å². The summed E-state index contributed by atoms with van der Waals surface area (Å²) in [5.41, 5.74) is 5.91. The summed E-state index contributed by atoms with van der Waals surface area (Å²) in [5, 5.41) is 11.1. The first-order valence-electron chi connectivity index (χ1n) is 5.48. The van der Waals surface area contributed by atoms with Crippen LogP contribution in [-0.2, 0) is 9.59 Å². The molecule has 0 heterocycles. The number of hydrogen-bond acceptors (Lipinski definition) is 4. The fourth-order valence-electron chi connectivity index (χ4n) is 1.28. The van der Waals surface area contributed by atoms with Crippen molar-refractivity contribution >= 4 is 17.6 Å². The molecule has 6 nitrogen and oxygen atoms in total. The van der Waals surface area contributed by atoms with Gasteiger partial charge in [0, 0.05) is 6.42 Å². The molecule has 0 bridgehead atoms. The maximum absolute atomic E-state index is 11.7. The predicted octanol–water partition coefficient (Wildman–Crippen LogP) is 0.439. The number of terminal acetylenes is 1. The molecule has 0 aliphatic heterocycles. The Kier molecular flexibility index (Phi) is 5.38. The normalized spacial score (nSPS) is 11.2. The average Bonchev–Trinajstić information content (AvgIpc) is 2.37. The minimum Gasteiger partial charge on any atom is -0.480 e. The molecule has 0 spiro atoms. The van der Waals surface area contributed by atoms with Gasteiger partial charge in [-0.05, 0) is 12.1 Å². The highest BCUT2D eigenvalue weighted by atomic mass is 16.5. The fraction of sp³-hybridized carbons (Fsp3) is 0.231. The lowest BCUT2D eigenvalue weighted by Gasteiger charge is -2.13. The summed E-state index contributed by atoms with van der Waals surface area (Å²) in [6, 6.07) is 5.64. The van der Waals surface area contributed by atoms with Gasteiger partial charge >= 0.3 is 5.97 Å². The van der Waals surface area contributed by atoms with E-state index in [4.69, 9.17) is 22.0 Å². The van der Waals surface area contributed by atoms with E-state index in [-0.39, 0.29) is 12.2 Å². The maximum Gasteiger partial charge on any atom is 0.341 e. The van der Waals surface area contributed by atoms with E-state index in [0.29, 0.717) is 5.69 Å². The second-order valence-electron chi connectivity index (χ2n) is 3.68. The van der Waals surface area contributed by atoms with Crippen molar-refractivity contribution in [3.05, 3.63) is 24.3 Å². The van der Waals surface area contributed by atoms with Gasteiger partial charge in [0.1, 0.15) is 5.75 Å². The zero-order valence-electron chi connectivity index (χ0n) is 10.1. The number of amides is 1. The van der Waals surface area contributed by atoms with Gasteiger partial charge in [-0.15, -0.1) is 12.3 Å². The number of carboxylic acid groups (broad SMARTS) is 1. The van der Waals surface area contributed by atoms with Gasteiger partial charge in [-0.2, -0.15) is 0 Å². The summed E-state index contributed by atoms with van der Waals surface area (Å²) in [5.74, 6) is 0.989. The number of benzene rings is 1. The van der Waals surface area contributed by atoms with Crippen LogP contribution in [-0.4, -0.2) is 29.6 Å². The first-order valence-corrected chi connectivity index (χ1v) is 5.48. The Hall–Kier alpha value is -2.52. The zero-order chi connectivity index (χ0) is 14.3. The number of para-hydroxylation sites is 2. The Labute approximate surface area is 110 Å². The first kappa shape index (κ1) is 14.5. The number of carboxylic acids is 1. The van der Waals surface area contributed by atoms with E-state index in [9.17, 15) is 9.59 Å². The maximum atomic E-state index is 11.7. The van der Waals surface area contributed by atoms with Crippen LogP contribution >= 0.6 is 0 Å². The highest BCUT2D eigenvalue weighted by molar-refractivity contribution is 5.96. The number of rotatable bonds is 6. The average molecular weight is 262 g/mol. The Balaban J connectivity index is 2.75. The molecule has 0 aromatic heterocycles. The molecule has 1 rings (SSSR count). The van der Waals surface area contributed by atoms with Crippen molar-refractivity contribution in [3.8, 4) is 18.1 Å². The van der Waals surface area contributed by atoms with Crippen LogP contribution in [0.4, 0.5) is 5.69 Å². The molecule has 4 N–H and O–H groups in total.